The number of aliphatic hydroxyl groups is 2. The van der Waals surface area contributed by atoms with Crippen LogP contribution in [0.2, 0.25) is 0 Å². The van der Waals surface area contributed by atoms with Crippen molar-refractivity contribution >= 4 is 23.3 Å². The fraction of sp³-hybridized carbons (Fsp3) is 0.467. The first-order valence-corrected chi connectivity index (χ1v) is 8.00. The molecule has 4 rings (SSSR count). The number of esters is 2. The summed E-state index contributed by atoms with van der Waals surface area (Å²) in [5.74, 6) is -2.57. The summed E-state index contributed by atoms with van der Waals surface area (Å²) in [7, 11) is 0. The van der Waals surface area contributed by atoms with Crippen molar-refractivity contribution in [1.29, 1.82) is 0 Å². The summed E-state index contributed by atoms with van der Waals surface area (Å²) in [4.78, 5) is 24.5. The second-order valence-electron chi connectivity index (χ2n) is 6.05. The van der Waals surface area contributed by atoms with E-state index < -0.39 is 47.9 Å². The lowest BCUT2D eigenvalue weighted by molar-refractivity contribution is -0.182. The Labute approximate surface area is 135 Å². The molecule has 1 aromatic rings. The number of ether oxygens (including phenoxy) is 3. The Bertz CT molecular complexity index is 693. The lowest BCUT2D eigenvalue weighted by Crippen LogP contribution is -2.50. The van der Waals surface area contributed by atoms with Crippen LogP contribution in [0, 0.1) is 11.8 Å². The van der Waals surface area contributed by atoms with Gasteiger partial charge < -0.3 is 24.4 Å². The van der Waals surface area contributed by atoms with Gasteiger partial charge in [0.25, 0.3) is 0 Å². The van der Waals surface area contributed by atoms with Crippen LogP contribution in [-0.2, 0) is 19.0 Å². The van der Waals surface area contributed by atoms with Gasteiger partial charge in [0, 0.05) is 5.92 Å². The van der Waals surface area contributed by atoms with Gasteiger partial charge in [-0.1, -0.05) is 6.07 Å². The molecule has 1 unspecified atom stereocenters. The van der Waals surface area contributed by atoms with Gasteiger partial charge in [-0.2, -0.15) is 0 Å². The predicted molar refractivity (Wildman–Crippen MR) is 76.2 cm³/mol. The highest BCUT2D eigenvalue weighted by molar-refractivity contribution is 7.11. The molecule has 3 aliphatic rings. The summed E-state index contributed by atoms with van der Waals surface area (Å²) < 4.78 is 15.8. The molecule has 122 valence electrons. The van der Waals surface area contributed by atoms with Crippen molar-refractivity contribution in [2.45, 2.75) is 31.0 Å². The summed E-state index contributed by atoms with van der Waals surface area (Å²) in [5.41, 5.74) is -1.35. The molecule has 1 saturated carbocycles. The normalized spacial score (nSPS) is 40.9. The third kappa shape index (κ3) is 1.95. The number of thiophene rings is 1. The first-order chi connectivity index (χ1) is 10.9. The molecule has 1 saturated heterocycles. The molecule has 1 aromatic heterocycles. The molecule has 0 amide bonds. The van der Waals surface area contributed by atoms with Crippen molar-refractivity contribution in [2.75, 3.05) is 0 Å². The first-order valence-electron chi connectivity index (χ1n) is 7.12. The number of carbonyl (C=O) groups excluding carboxylic acids is 2. The lowest BCUT2D eigenvalue weighted by atomic mass is 9.81. The SMILES string of the molecule is C[C@]1(O)[C@@H](OC(=O)c2cccs2)[C@H]2OC(=O)C3=COC(O)[C@H]1[C@@H]32. The van der Waals surface area contributed by atoms with Gasteiger partial charge in [0.15, 0.2) is 6.10 Å². The monoisotopic (exact) mass is 338 g/mol. The Morgan fingerprint density at radius 1 is 1.48 bits per heavy atom. The van der Waals surface area contributed by atoms with Gasteiger partial charge in [0.2, 0.25) is 6.29 Å². The van der Waals surface area contributed by atoms with Crippen LogP contribution in [0.15, 0.2) is 29.3 Å². The molecule has 1 aliphatic carbocycles. The Morgan fingerprint density at radius 2 is 2.26 bits per heavy atom. The highest BCUT2D eigenvalue weighted by atomic mass is 32.1. The zero-order valence-corrected chi connectivity index (χ0v) is 12.9. The third-order valence-corrected chi connectivity index (χ3v) is 5.58. The van der Waals surface area contributed by atoms with Gasteiger partial charge in [0.1, 0.15) is 16.6 Å². The number of hydrogen-bond acceptors (Lipinski definition) is 8. The molecule has 2 fully saturated rings. The number of carbonyl (C=O) groups is 2. The van der Waals surface area contributed by atoms with E-state index in [1.807, 2.05) is 0 Å². The molecular formula is C15H14O7S. The average molecular weight is 338 g/mol. The molecule has 8 heteroatoms. The van der Waals surface area contributed by atoms with Crippen LogP contribution in [0.1, 0.15) is 16.6 Å². The Kier molecular flexibility index (Phi) is 3.06. The highest BCUT2D eigenvalue weighted by Gasteiger charge is 2.69. The minimum atomic E-state index is -1.60. The average Bonchev–Trinajstić information content (AvgIpc) is 3.16. The molecule has 6 atom stereocenters. The van der Waals surface area contributed by atoms with Crippen LogP contribution in [0.4, 0.5) is 0 Å². The van der Waals surface area contributed by atoms with Crippen molar-refractivity contribution in [1.82, 2.24) is 0 Å². The number of hydrogen-bond donors (Lipinski definition) is 2. The second kappa shape index (κ2) is 4.80. The van der Waals surface area contributed by atoms with Crippen LogP contribution in [0.3, 0.4) is 0 Å². The van der Waals surface area contributed by atoms with Gasteiger partial charge in [-0.15, -0.1) is 11.3 Å². The number of aliphatic hydroxyl groups excluding tert-OH is 1. The van der Waals surface area contributed by atoms with Gasteiger partial charge in [-0.3, -0.25) is 0 Å². The maximum absolute atomic E-state index is 12.2. The standard InChI is InChI=1S/C15H14O7S/c1-15(19)9-8-6(5-20-14(9)18)12(16)21-10(8)11(15)22-13(17)7-3-2-4-23-7/h2-5,8-11,14,18-19H,1H3/t8-,9-,10+,11+,14?,15-/m1/s1. The highest BCUT2D eigenvalue weighted by Crippen LogP contribution is 2.54. The molecule has 0 bridgehead atoms. The van der Waals surface area contributed by atoms with Gasteiger partial charge in [-0.25, -0.2) is 9.59 Å². The van der Waals surface area contributed by atoms with Crippen LogP contribution in [0.5, 0.6) is 0 Å². The number of rotatable bonds is 2. The zero-order chi connectivity index (χ0) is 16.4. The van der Waals surface area contributed by atoms with E-state index >= 15 is 0 Å². The summed E-state index contributed by atoms with van der Waals surface area (Å²) >= 11 is 1.21. The van der Waals surface area contributed by atoms with Crippen molar-refractivity contribution in [3.05, 3.63) is 34.2 Å². The van der Waals surface area contributed by atoms with Crippen molar-refractivity contribution in [3.63, 3.8) is 0 Å². The van der Waals surface area contributed by atoms with Crippen molar-refractivity contribution in [2.24, 2.45) is 11.8 Å². The predicted octanol–water partition coefficient (Wildman–Crippen LogP) is 0.428. The van der Waals surface area contributed by atoms with E-state index in [1.165, 1.54) is 18.3 Å². The maximum atomic E-state index is 12.2. The topological polar surface area (TPSA) is 102 Å². The molecule has 7 nitrogen and oxygen atoms in total. The smallest absolute Gasteiger partial charge is 0.348 e. The molecular weight excluding hydrogens is 324 g/mol. The van der Waals surface area contributed by atoms with Crippen LogP contribution >= 0.6 is 11.3 Å². The molecule has 0 spiro atoms. The molecule has 2 N–H and O–H groups in total. The fourth-order valence-corrected chi connectivity index (χ4v) is 4.29. The minimum Gasteiger partial charge on any atom is -0.472 e. The molecule has 3 heterocycles. The summed E-state index contributed by atoms with van der Waals surface area (Å²) in [6.07, 6.45) is -2.07. The fourth-order valence-electron chi connectivity index (χ4n) is 3.69. The van der Waals surface area contributed by atoms with E-state index in [-0.39, 0.29) is 5.57 Å². The third-order valence-electron chi connectivity index (χ3n) is 4.73. The molecule has 0 radical (unpaired) electrons. The summed E-state index contributed by atoms with van der Waals surface area (Å²) in [6.45, 7) is 1.45. The minimum absolute atomic E-state index is 0.250. The van der Waals surface area contributed by atoms with Gasteiger partial charge in [-0.05, 0) is 18.4 Å². The maximum Gasteiger partial charge on any atom is 0.348 e. The van der Waals surface area contributed by atoms with E-state index in [1.54, 1.807) is 17.5 Å². The van der Waals surface area contributed by atoms with Gasteiger partial charge in [0.05, 0.1) is 17.8 Å². The van der Waals surface area contributed by atoms with Gasteiger partial charge >= 0.3 is 11.9 Å². The van der Waals surface area contributed by atoms with E-state index in [0.29, 0.717) is 4.88 Å². The molecule has 2 aliphatic heterocycles. The Hall–Kier alpha value is -1.90. The van der Waals surface area contributed by atoms with E-state index in [0.717, 1.165) is 6.26 Å². The summed E-state index contributed by atoms with van der Waals surface area (Å²) in [5, 5.41) is 22.6. The van der Waals surface area contributed by atoms with Crippen molar-refractivity contribution < 1.29 is 34.0 Å². The van der Waals surface area contributed by atoms with Crippen LogP contribution < -0.4 is 0 Å². The van der Waals surface area contributed by atoms with Crippen LogP contribution in [0.25, 0.3) is 0 Å². The lowest BCUT2D eigenvalue weighted by Gasteiger charge is -2.36. The first kappa shape index (κ1) is 14.7. The Morgan fingerprint density at radius 3 is 2.96 bits per heavy atom. The largest absolute Gasteiger partial charge is 0.472 e. The molecule has 0 aromatic carbocycles. The van der Waals surface area contributed by atoms with Crippen molar-refractivity contribution in [3.8, 4) is 0 Å². The van der Waals surface area contributed by atoms with E-state index in [4.69, 9.17) is 14.2 Å². The van der Waals surface area contributed by atoms with E-state index in [2.05, 4.69) is 0 Å². The van der Waals surface area contributed by atoms with Crippen LogP contribution in [-0.4, -0.2) is 46.3 Å². The molecule has 23 heavy (non-hydrogen) atoms. The second-order valence-corrected chi connectivity index (χ2v) is 7.00. The quantitative estimate of drug-likeness (QED) is 0.754. The summed E-state index contributed by atoms with van der Waals surface area (Å²) in [6, 6.07) is 3.32. The van der Waals surface area contributed by atoms with E-state index in [9.17, 15) is 19.8 Å². The zero-order valence-electron chi connectivity index (χ0n) is 12.0. The Balaban J connectivity index is 1.69.